The molecule has 0 aliphatic heterocycles. The molecule has 0 saturated heterocycles. The molecule has 0 spiro atoms. The van der Waals surface area contributed by atoms with Crippen molar-refractivity contribution in [2.24, 2.45) is 0 Å². The molecule has 0 amide bonds. The Balaban J connectivity index is 2.09. The summed E-state index contributed by atoms with van der Waals surface area (Å²) in [6, 6.07) is 7.59. The zero-order chi connectivity index (χ0) is 20.1. The van der Waals surface area contributed by atoms with Gasteiger partial charge in [-0.1, -0.05) is 6.07 Å². The van der Waals surface area contributed by atoms with E-state index in [1.54, 1.807) is 13.3 Å². The first-order valence-corrected chi connectivity index (χ1v) is 11.0. The second-order valence-electron chi connectivity index (χ2n) is 6.39. The highest BCUT2D eigenvalue weighted by atomic mass is 31.2. The van der Waals surface area contributed by atoms with E-state index in [0.717, 1.165) is 12.1 Å². The van der Waals surface area contributed by atoms with Crippen molar-refractivity contribution in [2.45, 2.75) is 12.6 Å². The number of anilines is 2. The van der Waals surface area contributed by atoms with E-state index >= 15 is 0 Å². The van der Waals surface area contributed by atoms with Crippen LogP contribution in [0.1, 0.15) is 22.3 Å². The van der Waals surface area contributed by atoms with Gasteiger partial charge < -0.3 is 14.6 Å². The summed E-state index contributed by atoms with van der Waals surface area (Å²) in [6.07, 6.45) is -2.13. The average Bonchev–Trinajstić information content (AvgIpc) is 2.58. The molecule has 1 aromatic carbocycles. The maximum absolute atomic E-state index is 12.8. The molecular weight excluding hydrogens is 380 g/mol. The van der Waals surface area contributed by atoms with E-state index in [1.807, 2.05) is 0 Å². The first-order chi connectivity index (χ1) is 12.6. The lowest BCUT2D eigenvalue weighted by Gasteiger charge is -2.13. The number of carbonyl (C=O) groups is 1. The zero-order valence-corrected chi connectivity index (χ0v) is 15.8. The number of nitrogens with one attached hydrogen (secondary N) is 1. The molecule has 9 heteroatoms. The van der Waals surface area contributed by atoms with Crippen LogP contribution >= 0.6 is 7.14 Å². The molecule has 27 heavy (non-hydrogen) atoms. The highest BCUT2D eigenvalue weighted by Gasteiger charge is 2.30. The van der Waals surface area contributed by atoms with Crippen LogP contribution in [0.25, 0.3) is 0 Å². The number of carbonyl (C=O) groups excluding carboxylic acids is 1. The van der Waals surface area contributed by atoms with Crippen molar-refractivity contribution in [1.82, 2.24) is 4.98 Å². The van der Waals surface area contributed by atoms with Gasteiger partial charge in [-0.25, -0.2) is 9.78 Å². The van der Waals surface area contributed by atoms with Gasteiger partial charge in [0.25, 0.3) is 0 Å². The van der Waals surface area contributed by atoms with Gasteiger partial charge >= 0.3 is 12.1 Å². The Kier molecular flexibility index (Phi) is 6.65. The molecule has 0 saturated carbocycles. The average molecular weight is 400 g/mol. The van der Waals surface area contributed by atoms with Gasteiger partial charge in [-0.3, -0.25) is 0 Å². The SMILES string of the molecule is CP(C)(=O)CCCOC(=O)c1cccnc1Nc1cccc(C(F)(F)F)c1. The van der Waals surface area contributed by atoms with Crippen LogP contribution in [0.3, 0.4) is 0 Å². The number of halogens is 3. The summed E-state index contributed by atoms with van der Waals surface area (Å²) in [5.41, 5.74) is -0.558. The van der Waals surface area contributed by atoms with Gasteiger partial charge in [0.1, 0.15) is 11.4 Å². The van der Waals surface area contributed by atoms with Crippen molar-refractivity contribution in [1.29, 1.82) is 0 Å². The van der Waals surface area contributed by atoms with E-state index in [4.69, 9.17) is 4.74 Å². The first kappa shape index (κ1) is 21.0. The van der Waals surface area contributed by atoms with Crippen LogP contribution in [-0.4, -0.2) is 37.1 Å². The quantitative estimate of drug-likeness (QED) is 0.402. The highest BCUT2D eigenvalue weighted by Crippen LogP contribution is 2.36. The van der Waals surface area contributed by atoms with E-state index in [2.05, 4.69) is 10.3 Å². The molecule has 0 radical (unpaired) electrons. The molecule has 0 aliphatic rings. The number of pyridine rings is 1. The van der Waals surface area contributed by atoms with Gasteiger partial charge in [0.2, 0.25) is 0 Å². The second kappa shape index (κ2) is 8.57. The van der Waals surface area contributed by atoms with Crippen molar-refractivity contribution in [3.63, 3.8) is 0 Å². The van der Waals surface area contributed by atoms with E-state index in [0.29, 0.717) is 12.6 Å². The summed E-state index contributed by atoms with van der Waals surface area (Å²) >= 11 is 0. The third-order valence-electron chi connectivity index (χ3n) is 3.55. The van der Waals surface area contributed by atoms with Gasteiger partial charge in [-0.05, 0) is 50.1 Å². The summed E-state index contributed by atoms with van der Waals surface area (Å²) in [4.78, 5) is 16.3. The second-order valence-corrected chi connectivity index (χ2v) is 9.99. The normalized spacial score (nSPS) is 11.9. The molecule has 5 nitrogen and oxygen atoms in total. The lowest BCUT2D eigenvalue weighted by molar-refractivity contribution is -0.137. The van der Waals surface area contributed by atoms with Crippen LogP contribution in [0.5, 0.6) is 0 Å². The van der Waals surface area contributed by atoms with Gasteiger partial charge in [-0.2, -0.15) is 13.2 Å². The molecule has 0 unspecified atom stereocenters. The third-order valence-corrected chi connectivity index (χ3v) is 4.95. The Morgan fingerprint density at radius 2 is 1.96 bits per heavy atom. The highest BCUT2D eigenvalue weighted by molar-refractivity contribution is 7.62. The van der Waals surface area contributed by atoms with E-state index in [1.165, 1.54) is 30.5 Å². The van der Waals surface area contributed by atoms with Gasteiger partial charge in [-0.15, -0.1) is 0 Å². The maximum atomic E-state index is 12.8. The molecule has 2 aromatic rings. The number of alkyl halides is 3. The monoisotopic (exact) mass is 400 g/mol. The Bertz CT molecular complexity index is 850. The standard InChI is InChI=1S/C18H20F3N2O3P/c1-27(2,25)11-5-10-26-17(24)15-8-4-9-22-16(15)23-14-7-3-6-13(12-14)18(19,20)21/h3-4,6-9,12H,5,10-11H2,1-2H3,(H,22,23). The molecule has 146 valence electrons. The van der Waals surface area contributed by atoms with Crippen molar-refractivity contribution in [3.05, 3.63) is 53.7 Å². The summed E-state index contributed by atoms with van der Waals surface area (Å²) in [6.45, 7) is 3.42. The largest absolute Gasteiger partial charge is 0.462 e. The third kappa shape index (κ3) is 6.71. The van der Waals surface area contributed by atoms with Crippen LogP contribution in [0.15, 0.2) is 42.6 Å². The topological polar surface area (TPSA) is 68.3 Å². The number of aromatic nitrogens is 1. The van der Waals surface area contributed by atoms with Gasteiger partial charge in [0.05, 0.1) is 19.3 Å². The molecule has 1 aromatic heterocycles. The number of nitrogens with zero attached hydrogens (tertiary/aromatic N) is 1. The fourth-order valence-corrected chi connectivity index (χ4v) is 3.16. The van der Waals surface area contributed by atoms with Crippen LogP contribution in [0.2, 0.25) is 0 Å². The van der Waals surface area contributed by atoms with Crippen LogP contribution in [0, 0.1) is 0 Å². The minimum absolute atomic E-state index is 0.0958. The van der Waals surface area contributed by atoms with Crippen molar-refractivity contribution in [3.8, 4) is 0 Å². The minimum Gasteiger partial charge on any atom is -0.462 e. The molecule has 1 N–H and O–H groups in total. The van der Waals surface area contributed by atoms with E-state index in [-0.39, 0.29) is 23.7 Å². The number of ether oxygens (including phenoxy) is 1. The molecule has 0 fully saturated rings. The molecule has 0 bridgehead atoms. The lowest BCUT2D eigenvalue weighted by atomic mass is 10.2. The zero-order valence-electron chi connectivity index (χ0n) is 14.9. The summed E-state index contributed by atoms with van der Waals surface area (Å²) in [7, 11) is -2.18. The molecule has 1 heterocycles. The molecule has 0 aliphatic carbocycles. The Hall–Kier alpha value is -2.34. The fourth-order valence-electron chi connectivity index (χ4n) is 2.27. The fraction of sp³-hybridized carbons (Fsp3) is 0.333. The molecular formula is C18H20F3N2O3P. The van der Waals surface area contributed by atoms with E-state index < -0.39 is 24.9 Å². The van der Waals surface area contributed by atoms with Crippen molar-refractivity contribution >= 4 is 24.6 Å². The predicted molar refractivity (Wildman–Crippen MR) is 98.2 cm³/mol. The molecule has 2 rings (SSSR count). The summed E-state index contributed by atoms with van der Waals surface area (Å²) in [5.74, 6) is -0.557. The number of benzene rings is 1. The van der Waals surface area contributed by atoms with Gasteiger partial charge in [0, 0.05) is 18.0 Å². The maximum Gasteiger partial charge on any atom is 0.416 e. The van der Waals surface area contributed by atoms with Crippen molar-refractivity contribution < 1.29 is 27.3 Å². The summed E-state index contributed by atoms with van der Waals surface area (Å²) in [5, 5.41) is 2.72. The Morgan fingerprint density at radius 3 is 2.63 bits per heavy atom. The first-order valence-electron chi connectivity index (χ1n) is 8.17. The van der Waals surface area contributed by atoms with Gasteiger partial charge in [0.15, 0.2) is 0 Å². The summed E-state index contributed by atoms with van der Waals surface area (Å²) < 4.78 is 55.3. The number of hydrogen-bond donors (Lipinski definition) is 1. The number of esters is 1. The van der Waals surface area contributed by atoms with Crippen LogP contribution < -0.4 is 5.32 Å². The van der Waals surface area contributed by atoms with Crippen molar-refractivity contribution in [2.75, 3.05) is 31.4 Å². The smallest absolute Gasteiger partial charge is 0.416 e. The predicted octanol–water partition coefficient (Wildman–Crippen LogP) is 5.01. The van der Waals surface area contributed by atoms with E-state index in [9.17, 15) is 22.5 Å². The Labute approximate surface area is 155 Å². The number of hydrogen-bond acceptors (Lipinski definition) is 5. The van der Waals surface area contributed by atoms with Crippen LogP contribution in [-0.2, 0) is 15.5 Å². The molecule has 0 atom stereocenters. The lowest BCUT2D eigenvalue weighted by Crippen LogP contribution is -2.11. The number of rotatable bonds is 7. The minimum atomic E-state index is -4.47. The Morgan fingerprint density at radius 1 is 1.22 bits per heavy atom. The van der Waals surface area contributed by atoms with Crippen LogP contribution in [0.4, 0.5) is 24.7 Å².